The summed E-state index contributed by atoms with van der Waals surface area (Å²) in [7, 11) is 0. The molecule has 0 atom stereocenters. The summed E-state index contributed by atoms with van der Waals surface area (Å²) < 4.78 is 11.1. The van der Waals surface area contributed by atoms with Gasteiger partial charge in [0.05, 0.1) is 12.3 Å². The molecule has 1 amide bonds. The van der Waals surface area contributed by atoms with E-state index in [4.69, 9.17) is 9.15 Å². The lowest BCUT2D eigenvalue weighted by atomic mass is 10.2. The van der Waals surface area contributed by atoms with E-state index in [-0.39, 0.29) is 5.91 Å². The number of carbonyl (C=O) groups is 1. The molecule has 0 unspecified atom stereocenters. The molecule has 4 heteroatoms. The number of benzene rings is 2. The molecule has 1 aromatic heterocycles. The topological polar surface area (TPSA) is 51.5 Å². The predicted octanol–water partition coefficient (Wildman–Crippen LogP) is 4.48. The van der Waals surface area contributed by atoms with Crippen LogP contribution in [-0.2, 0) is 4.79 Å². The van der Waals surface area contributed by atoms with Gasteiger partial charge in [-0.2, -0.15) is 0 Å². The van der Waals surface area contributed by atoms with Gasteiger partial charge in [-0.15, -0.1) is 0 Å². The monoisotopic (exact) mass is 307 g/mol. The molecule has 0 saturated heterocycles. The van der Waals surface area contributed by atoms with Crippen molar-refractivity contribution in [2.75, 3.05) is 11.9 Å². The van der Waals surface area contributed by atoms with Crippen LogP contribution in [0.3, 0.4) is 0 Å². The highest BCUT2D eigenvalue weighted by molar-refractivity contribution is 6.02. The van der Waals surface area contributed by atoms with Crippen molar-refractivity contribution in [2.24, 2.45) is 0 Å². The van der Waals surface area contributed by atoms with Crippen LogP contribution in [0.4, 0.5) is 5.69 Å². The number of para-hydroxylation sites is 3. The largest absolute Gasteiger partial charge is 0.492 e. The zero-order valence-corrected chi connectivity index (χ0v) is 12.8. The molecule has 0 fully saturated rings. The number of amides is 1. The van der Waals surface area contributed by atoms with Crippen LogP contribution >= 0.6 is 0 Å². The van der Waals surface area contributed by atoms with E-state index in [1.54, 1.807) is 12.1 Å². The number of carbonyl (C=O) groups excluding carboxylic acids is 1. The van der Waals surface area contributed by atoms with E-state index in [2.05, 4.69) is 5.32 Å². The molecule has 0 aliphatic heterocycles. The smallest absolute Gasteiger partial charge is 0.248 e. The molecule has 116 valence electrons. The third kappa shape index (κ3) is 3.61. The predicted molar refractivity (Wildman–Crippen MR) is 91.5 cm³/mol. The molecule has 0 bridgehead atoms. The van der Waals surface area contributed by atoms with Gasteiger partial charge in [-0.25, -0.2) is 0 Å². The zero-order valence-electron chi connectivity index (χ0n) is 12.8. The molecule has 2 aromatic carbocycles. The second-order valence-electron chi connectivity index (χ2n) is 4.94. The lowest BCUT2D eigenvalue weighted by Gasteiger charge is -2.09. The van der Waals surface area contributed by atoms with Crippen LogP contribution in [0.2, 0.25) is 0 Å². The molecule has 0 aliphatic rings. The maximum absolute atomic E-state index is 12.1. The number of fused-ring (bicyclic) bond motifs is 1. The Balaban J connectivity index is 1.71. The number of hydrogen-bond acceptors (Lipinski definition) is 3. The molecule has 4 nitrogen and oxygen atoms in total. The average Bonchev–Trinajstić information content (AvgIpc) is 2.98. The first-order chi connectivity index (χ1) is 11.3. The van der Waals surface area contributed by atoms with E-state index >= 15 is 0 Å². The zero-order chi connectivity index (χ0) is 16.1. The van der Waals surface area contributed by atoms with Gasteiger partial charge in [0.25, 0.3) is 0 Å². The minimum absolute atomic E-state index is 0.238. The Morgan fingerprint density at radius 2 is 1.96 bits per heavy atom. The van der Waals surface area contributed by atoms with E-state index in [0.717, 1.165) is 11.0 Å². The SMILES string of the molecule is CCOc1ccccc1NC(=O)/C=C/c1cc2ccccc2o1. The molecular weight excluding hydrogens is 290 g/mol. The first kappa shape index (κ1) is 14.9. The number of ether oxygens (including phenoxy) is 1. The van der Waals surface area contributed by atoms with E-state index in [1.807, 2.05) is 55.5 Å². The Kier molecular flexibility index (Phi) is 4.43. The van der Waals surface area contributed by atoms with Crippen LogP contribution in [0.25, 0.3) is 17.0 Å². The lowest BCUT2D eigenvalue weighted by molar-refractivity contribution is -0.111. The molecule has 0 aliphatic carbocycles. The Labute approximate surface area is 134 Å². The highest BCUT2D eigenvalue weighted by Gasteiger charge is 2.05. The standard InChI is InChI=1S/C19H17NO3/c1-2-22-18-10-6-4-8-16(18)20-19(21)12-11-15-13-14-7-3-5-9-17(14)23-15/h3-13H,2H2,1H3,(H,20,21)/b12-11+. The number of rotatable bonds is 5. The maximum atomic E-state index is 12.1. The van der Waals surface area contributed by atoms with Crippen molar-refractivity contribution in [1.82, 2.24) is 0 Å². The summed E-state index contributed by atoms with van der Waals surface area (Å²) >= 11 is 0. The molecule has 23 heavy (non-hydrogen) atoms. The van der Waals surface area contributed by atoms with Crippen LogP contribution in [0, 0.1) is 0 Å². The first-order valence-corrected chi connectivity index (χ1v) is 7.46. The number of hydrogen-bond donors (Lipinski definition) is 1. The number of anilines is 1. The fourth-order valence-corrected chi connectivity index (χ4v) is 2.27. The number of nitrogens with one attached hydrogen (secondary N) is 1. The van der Waals surface area contributed by atoms with Gasteiger partial charge >= 0.3 is 0 Å². The summed E-state index contributed by atoms with van der Waals surface area (Å²) in [5.41, 5.74) is 1.45. The van der Waals surface area contributed by atoms with Gasteiger partial charge in [0.15, 0.2) is 0 Å². The van der Waals surface area contributed by atoms with Gasteiger partial charge in [0, 0.05) is 11.5 Å². The van der Waals surface area contributed by atoms with Gasteiger partial charge in [0.1, 0.15) is 17.1 Å². The molecular formula is C19H17NO3. The third-order valence-electron chi connectivity index (χ3n) is 3.29. The van der Waals surface area contributed by atoms with Crippen LogP contribution in [-0.4, -0.2) is 12.5 Å². The molecule has 0 radical (unpaired) electrons. The average molecular weight is 307 g/mol. The number of furan rings is 1. The summed E-state index contributed by atoms with van der Waals surface area (Å²) in [6, 6.07) is 17.0. The van der Waals surface area contributed by atoms with Crippen molar-refractivity contribution < 1.29 is 13.9 Å². The minimum atomic E-state index is -0.238. The Bertz CT molecular complexity index is 815. The fourth-order valence-electron chi connectivity index (χ4n) is 2.27. The van der Waals surface area contributed by atoms with Crippen molar-refractivity contribution in [3.63, 3.8) is 0 Å². The first-order valence-electron chi connectivity index (χ1n) is 7.46. The van der Waals surface area contributed by atoms with Crippen LogP contribution < -0.4 is 10.1 Å². The quantitative estimate of drug-likeness (QED) is 0.707. The minimum Gasteiger partial charge on any atom is -0.492 e. The van der Waals surface area contributed by atoms with Crippen LogP contribution in [0.1, 0.15) is 12.7 Å². The summed E-state index contributed by atoms with van der Waals surface area (Å²) in [5, 5.41) is 3.82. The van der Waals surface area contributed by atoms with Gasteiger partial charge in [-0.3, -0.25) is 4.79 Å². The van der Waals surface area contributed by atoms with Crippen molar-refractivity contribution in [1.29, 1.82) is 0 Å². The molecule has 1 heterocycles. The molecule has 1 N–H and O–H groups in total. The summed E-state index contributed by atoms with van der Waals surface area (Å²) in [6.07, 6.45) is 3.10. The Hall–Kier alpha value is -3.01. The van der Waals surface area contributed by atoms with Crippen LogP contribution in [0.5, 0.6) is 5.75 Å². The maximum Gasteiger partial charge on any atom is 0.248 e. The Morgan fingerprint density at radius 1 is 1.17 bits per heavy atom. The summed E-state index contributed by atoms with van der Waals surface area (Å²) in [4.78, 5) is 12.1. The van der Waals surface area contributed by atoms with Crippen molar-refractivity contribution >= 4 is 28.6 Å². The fraction of sp³-hybridized carbons (Fsp3) is 0.105. The van der Waals surface area contributed by atoms with Crippen LogP contribution in [0.15, 0.2) is 65.1 Å². The third-order valence-corrected chi connectivity index (χ3v) is 3.29. The highest BCUT2D eigenvalue weighted by Crippen LogP contribution is 2.24. The van der Waals surface area contributed by atoms with Crippen molar-refractivity contribution in [2.45, 2.75) is 6.92 Å². The molecule has 3 rings (SSSR count). The van der Waals surface area contributed by atoms with E-state index < -0.39 is 0 Å². The van der Waals surface area contributed by atoms with E-state index in [9.17, 15) is 4.79 Å². The van der Waals surface area contributed by atoms with Gasteiger partial charge < -0.3 is 14.5 Å². The lowest BCUT2D eigenvalue weighted by Crippen LogP contribution is -2.09. The second-order valence-corrected chi connectivity index (χ2v) is 4.94. The molecule has 0 saturated carbocycles. The van der Waals surface area contributed by atoms with Gasteiger partial charge in [0.2, 0.25) is 5.91 Å². The van der Waals surface area contributed by atoms with E-state index in [1.165, 1.54) is 6.08 Å². The Morgan fingerprint density at radius 3 is 2.78 bits per heavy atom. The molecule has 3 aromatic rings. The second kappa shape index (κ2) is 6.83. The van der Waals surface area contributed by atoms with Crippen molar-refractivity contribution in [3.8, 4) is 5.75 Å². The van der Waals surface area contributed by atoms with E-state index in [0.29, 0.717) is 23.8 Å². The van der Waals surface area contributed by atoms with Gasteiger partial charge in [-0.1, -0.05) is 30.3 Å². The summed E-state index contributed by atoms with van der Waals surface area (Å²) in [6.45, 7) is 2.45. The van der Waals surface area contributed by atoms with Crippen molar-refractivity contribution in [3.05, 3.63) is 66.4 Å². The van der Waals surface area contributed by atoms with Gasteiger partial charge in [-0.05, 0) is 37.3 Å². The summed E-state index contributed by atoms with van der Waals surface area (Å²) in [5.74, 6) is 1.05. The highest BCUT2D eigenvalue weighted by atomic mass is 16.5. The molecule has 0 spiro atoms. The normalized spacial score (nSPS) is 11.0.